The summed E-state index contributed by atoms with van der Waals surface area (Å²) < 4.78 is 4.38. The topological polar surface area (TPSA) is 90.6 Å². The standard InChI is InChI=1S/C9H9NO4/c1-14-9(13)6-3-2-5(4-10)7(11)8(6)12/h2-4,10-12H,1H3. The van der Waals surface area contributed by atoms with Crippen molar-refractivity contribution in [3.8, 4) is 11.5 Å². The van der Waals surface area contributed by atoms with Crippen LogP contribution in [0.4, 0.5) is 0 Å². The summed E-state index contributed by atoms with van der Waals surface area (Å²) >= 11 is 0. The number of carbonyl (C=O) groups excluding carboxylic acids is 1. The number of hydrogen-bond donors (Lipinski definition) is 3. The Bertz CT molecular complexity index is 387. The minimum absolute atomic E-state index is 0.129. The summed E-state index contributed by atoms with van der Waals surface area (Å²) in [6, 6.07) is 2.62. The van der Waals surface area contributed by atoms with Gasteiger partial charge in [-0.3, -0.25) is 0 Å². The average molecular weight is 195 g/mol. The van der Waals surface area contributed by atoms with Crippen molar-refractivity contribution in [1.29, 1.82) is 5.41 Å². The lowest BCUT2D eigenvalue weighted by atomic mass is 10.1. The first-order chi connectivity index (χ1) is 6.61. The Morgan fingerprint density at radius 2 is 2.07 bits per heavy atom. The van der Waals surface area contributed by atoms with Gasteiger partial charge in [-0.05, 0) is 12.1 Å². The molecule has 14 heavy (non-hydrogen) atoms. The molecule has 0 aliphatic rings. The fourth-order valence-corrected chi connectivity index (χ4v) is 0.986. The molecule has 1 aromatic rings. The highest BCUT2D eigenvalue weighted by atomic mass is 16.5. The molecule has 0 aromatic heterocycles. The van der Waals surface area contributed by atoms with Gasteiger partial charge >= 0.3 is 5.97 Å². The van der Waals surface area contributed by atoms with Crippen LogP contribution in [0.1, 0.15) is 15.9 Å². The normalized spacial score (nSPS) is 9.50. The fraction of sp³-hybridized carbons (Fsp3) is 0.111. The van der Waals surface area contributed by atoms with Gasteiger partial charge in [0.1, 0.15) is 5.56 Å². The molecule has 0 saturated carbocycles. The number of phenolic OH excluding ortho intramolecular Hbond substituents is 2. The van der Waals surface area contributed by atoms with Crippen molar-refractivity contribution < 1.29 is 19.7 Å². The molecular formula is C9H9NO4. The highest BCUT2D eigenvalue weighted by Gasteiger charge is 2.16. The lowest BCUT2D eigenvalue weighted by Gasteiger charge is -2.05. The van der Waals surface area contributed by atoms with Crippen molar-refractivity contribution in [1.82, 2.24) is 0 Å². The first-order valence-corrected chi connectivity index (χ1v) is 3.75. The van der Waals surface area contributed by atoms with E-state index in [4.69, 9.17) is 5.41 Å². The highest BCUT2D eigenvalue weighted by molar-refractivity contribution is 5.95. The minimum Gasteiger partial charge on any atom is -0.504 e. The highest BCUT2D eigenvalue weighted by Crippen LogP contribution is 2.31. The molecule has 0 aliphatic carbocycles. The molecule has 0 radical (unpaired) electrons. The van der Waals surface area contributed by atoms with Crippen LogP contribution in [-0.4, -0.2) is 29.5 Å². The van der Waals surface area contributed by atoms with Gasteiger partial charge in [-0.15, -0.1) is 0 Å². The summed E-state index contributed by atoms with van der Waals surface area (Å²) in [6.07, 6.45) is 0.871. The molecular weight excluding hydrogens is 186 g/mol. The molecule has 3 N–H and O–H groups in total. The van der Waals surface area contributed by atoms with Crippen LogP contribution in [0.2, 0.25) is 0 Å². The predicted octanol–water partition coefficient (Wildman–Crippen LogP) is 0.882. The van der Waals surface area contributed by atoms with Crippen LogP contribution in [0, 0.1) is 5.41 Å². The number of phenols is 2. The van der Waals surface area contributed by atoms with E-state index in [0.29, 0.717) is 0 Å². The molecule has 0 fully saturated rings. The molecule has 0 spiro atoms. The Hall–Kier alpha value is -2.04. The van der Waals surface area contributed by atoms with Gasteiger partial charge in [0.05, 0.1) is 7.11 Å². The Balaban J connectivity index is 3.30. The number of carbonyl (C=O) groups is 1. The monoisotopic (exact) mass is 195 g/mol. The van der Waals surface area contributed by atoms with E-state index in [1.807, 2.05) is 0 Å². The molecule has 0 aliphatic heterocycles. The van der Waals surface area contributed by atoms with Crippen LogP contribution < -0.4 is 0 Å². The van der Waals surface area contributed by atoms with Crippen molar-refractivity contribution in [2.45, 2.75) is 0 Å². The zero-order valence-corrected chi connectivity index (χ0v) is 7.44. The second-order valence-electron chi connectivity index (χ2n) is 2.54. The maximum absolute atomic E-state index is 11.0. The molecule has 5 heteroatoms. The van der Waals surface area contributed by atoms with E-state index >= 15 is 0 Å². The van der Waals surface area contributed by atoms with Crippen molar-refractivity contribution in [3.63, 3.8) is 0 Å². The zero-order valence-electron chi connectivity index (χ0n) is 7.44. The van der Waals surface area contributed by atoms with Gasteiger partial charge in [-0.2, -0.15) is 0 Å². The molecule has 0 amide bonds. The van der Waals surface area contributed by atoms with E-state index < -0.39 is 17.5 Å². The summed E-state index contributed by atoms with van der Waals surface area (Å²) in [6.45, 7) is 0. The van der Waals surface area contributed by atoms with E-state index in [1.54, 1.807) is 0 Å². The lowest BCUT2D eigenvalue weighted by Crippen LogP contribution is -2.02. The second-order valence-corrected chi connectivity index (χ2v) is 2.54. The van der Waals surface area contributed by atoms with Crippen molar-refractivity contribution >= 4 is 12.2 Å². The van der Waals surface area contributed by atoms with Crippen LogP contribution in [0.25, 0.3) is 0 Å². The number of hydrogen-bond acceptors (Lipinski definition) is 5. The van der Waals surface area contributed by atoms with Crippen LogP contribution in [0.3, 0.4) is 0 Å². The number of aromatic hydroxyl groups is 2. The number of ether oxygens (including phenoxy) is 1. The van der Waals surface area contributed by atoms with E-state index in [-0.39, 0.29) is 11.1 Å². The largest absolute Gasteiger partial charge is 0.504 e. The van der Waals surface area contributed by atoms with Gasteiger partial charge in [0.25, 0.3) is 0 Å². The van der Waals surface area contributed by atoms with Crippen LogP contribution >= 0.6 is 0 Å². The predicted molar refractivity (Wildman–Crippen MR) is 49.0 cm³/mol. The number of methoxy groups -OCH3 is 1. The summed E-state index contributed by atoms with van der Waals surface area (Å²) in [5, 5.41) is 25.6. The molecule has 1 rings (SSSR count). The first-order valence-electron chi connectivity index (χ1n) is 3.75. The molecule has 0 saturated heterocycles. The molecule has 74 valence electrons. The zero-order chi connectivity index (χ0) is 10.7. The van der Waals surface area contributed by atoms with Crippen LogP contribution in [-0.2, 0) is 4.74 Å². The number of nitrogens with one attached hydrogen (secondary N) is 1. The lowest BCUT2D eigenvalue weighted by molar-refractivity contribution is 0.0596. The molecule has 0 heterocycles. The molecule has 0 bridgehead atoms. The Morgan fingerprint density at radius 3 is 2.57 bits per heavy atom. The third-order valence-corrected chi connectivity index (χ3v) is 1.74. The van der Waals surface area contributed by atoms with Gasteiger partial charge in [0.15, 0.2) is 11.5 Å². The quantitative estimate of drug-likeness (QED) is 0.371. The van der Waals surface area contributed by atoms with Crippen molar-refractivity contribution in [2.24, 2.45) is 0 Å². The third kappa shape index (κ3) is 1.52. The Labute approximate surface area is 80.1 Å². The fourth-order valence-electron chi connectivity index (χ4n) is 0.986. The van der Waals surface area contributed by atoms with Gasteiger partial charge in [0, 0.05) is 11.8 Å². The number of rotatable bonds is 2. The smallest absolute Gasteiger partial charge is 0.341 e. The molecule has 0 unspecified atom stereocenters. The Kier molecular flexibility index (Phi) is 2.71. The van der Waals surface area contributed by atoms with Crippen molar-refractivity contribution in [3.05, 3.63) is 23.3 Å². The van der Waals surface area contributed by atoms with Crippen LogP contribution in [0.5, 0.6) is 11.5 Å². The second kappa shape index (κ2) is 3.78. The maximum atomic E-state index is 11.0. The summed E-state index contributed by atoms with van der Waals surface area (Å²) in [5.41, 5.74) is 0.00533. The number of esters is 1. The summed E-state index contributed by atoms with van der Waals surface area (Å²) in [4.78, 5) is 11.0. The minimum atomic E-state index is -0.741. The molecule has 1 aromatic carbocycles. The van der Waals surface area contributed by atoms with Gasteiger partial charge in [-0.1, -0.05) is 0 Å². The third-order valence-electron chi connectivity index (χ3n) is 1.74. The van der Waals surface area contributed by atoms with Gasteiger partial charge in [-0.25, -0.2) is 4.79 Å². The maximum Gasteiger partial charge on any atom is 0.341 e. The SMILES string of the molecule is COC(=O)c1ccc(C=N)c(O)c1O. The first kappa shape index (κ1) is 10.0. The van der Waals surface area contributed by atoms with E-state index in [1.165, 1.54) is 19.2 Å². The van der Waals surface area contributed by atoms with E-state index in [2.05, 4.69) is 4.74 Å². The molecule has 0 atom stereocenters. The van der Waals surface area contributed by atoms with Crippen LogP contribution in [0.15, 0.2) is 12.1 Å². The van der Waals surface area contributed by atoms with Gasteiger partial charge in [0.2, 0.25) is 0 Å². The van der Waals surface area contributed by atoms with E-state index in [9.17, 15) is 15.0 Å². The summed E-state index contributed by atoms with van der Waals surface area (Å²) in [7, 11) is 1.17. The van der Waals surface area contributed by atoms with Crippen molar-refractivity contribution in [2.75, 3.05) is 7.11 Å². The molecule has 5 nitrogen and oxygen atoms in total. The Morgan fingerprint density at radius 1 is 1.43 bits per heavy atom. The summed E-state index contributed by atoms with van der Waals surface area (Å²) in [5.74, 6) is -1.81. The average Bonchev–Trinajstić information content (AvgIpc) is 2.21. The van der Waals surface area contributed by atoms with Gasteiger partial charge < -0.3 is 20.4 Å². The van der Waals surface area contributed by atoms with E-state index in [0.717, 1.165) is 6.21 Å². The number of benzene rings is 1.